The van der Waals surface area contributed by atoms with E-state index in [1.54, 1.807) is 18.0 Å². The molecule has 0 unspecified atom stereocenters. The predicted octanol–water partition coefficient (Wildman–Crippen LogP) is 3.95. The fraction of sp³-hybridized carbons (Fsp3) is 0.238. The molecule has 0 saturated heterocycles. The summed E-state index contributed by atoms with van der Waals surface area (Å²) < 4.78 is 12.6. The number of furan rings is 1. The Morgan fingerprint density at radius 1 is 1.07 bits per heavy atom. The number of hydrogen-bond donors (Lipinski definition) is 0. The second kappa shape index (κ2) is 6.79. The van der Waals surface area contributed by atoms with Crippen molar-refractivity contribution in [1.29, 1.82) is 0 Å². The van der Waals surface area contributed by atoms with Crippen molar-refractivity contribution < 1.29 is 13.6 Å². The lowest BCUT2D eigenvalue weighted by molar-refractivity contribution is -0.132. The first kappa shape index (κ1) is 17.1. The smallest absolute Gasteiger partial charge is 0.419 e. The van der Waals surface area contributed by atoms with Gasteiger partial charge in [-0.25, -0.2) is 4.79 Å². The molecule has 1 amide bonds. The molecule has 0 aliphatic carbocycles. The zero-order valence-electron chi connectivity index (χ0n) is 15.2. The van der Waals surface area contributed by atoms with Crippen LogP contribution in [0.2, 0.25) is 0 Å². The first-order chi connectivity index (χ1) is 13.0. The van der Waals surface area contributed by atoms with E-state index in [-0.39, 0.29) is 24.9 Å². The maximum atomic E-state index is 12.7. The Balaban J connectivity index is 1.48. The monoisotopic (exact) mass is 364 g/mol. The predicted molar refractivity (Wildman–Crippen MR) is 102 cm³/mol. The van der Waals surface area contributed by atoms with Gasteiger partial charge in [-0.1, -0.05) is 30.3 Å². The van der Waals surface area contributed by atoms with Gasteiger partial charge in [0.25, 0.3) is 0 Å². The zero-order chi connectivity index (χ0) is 19.0. The van der Waals surface area contributed by atoms with Gasteiger partial charge in [-0.05, 0) is 31.2 Å². The van der Waals surface area contributed by atoms with Crippen molar-refractivity contribution in [2.24, 2.45) is 0 Å². The van der Waals surface area contributed by atoms with E-state index in [1.807, 2.05) is 55.5 Å². The fourth-order valence-corrected chi connectivity index (χ4v) is 3.22. The SMILES string of the molecule is C[C@H](c1cc2ccccc2o1)N(C)C(=O)CCn1c(=O)oc2ccccc21. The van der Waals surface area contributed by atoms with Crippen LogP contribution < -0.4 is 5.76 Å². The van der Waals surface area contributed by atoms with E-state index in [0.717, 1.165) is 16.7 Å². The quantitative estimate of drug-likeness (QED) is 0.538. The van der Waals surface area contributed by atoms with Gasteiger partial charge in [0.2, 0.25) is 5.91 Å². The number of oxazole rings is 1. The molecule has 1 atom stereocenters. The fourth-order valence-electron chi connectivity index (χ4n) is 3.22. The van der Waals surface area contributed by atoms with Crippen LogP contribution >= 0.6 is 0 Å². The average Bonchev–Trinajstić information content (AvgIpc) is 3.25. The number of carbonyl (C=O) groups excluding carboxylic acids is 1. The summed E-state index contributed by atoms with van der Waals surface area (Å²) in [7, 11) is 1.75. The van der Waals surface area contributed by atoms with Crippen molar-refractivity contribution in [2.45, 2.75) is 25.9 Å². The van der Waals surface area contributed by atoms with E-state index in [9.17, 15) is 9.59 Å². The highest BCUT2D eigenvalue weighted by Gasteiger charge is 2.21. The zero-order valence-corrected chi connectivity index (χ0v) is 15.2. The van der Waals surface area contributed by atoms with Crippen LogP contribution in [0.3, 0.4) is 0 Å². The van der Waals surface area contributed by atoms with Gasteiger partial charge in [-0.2, -0.15) is 0 Å². The summed E-state index contributed by atoms with van der Waals surface area (Å²) in [4.78, 5) is 26.3. The third kappa shape index (κ3) is 3.14. The van der Waals surface area contributed by atoms with Crippen LogP contribution in [-0.2, 0) is 11.3 Å². The third-order valence-corrected chi connectivity index (χ3v) is 4.95. The van der Waals surface area contributed by atoms with Gasteiger partial charge < -0.3 is 13.7 Å². The van der Waals surface area contributed by atoms with Crippen molar-refractivity contribution in [3.63, 3.8) is 0 Å². The Bertz CT molecular complexity index is 1130. The van der Waals surface area contributed by atoms with Gasteiger partial charge in [0.1, 0.15) is 11.3 Å². The summed E-state index contributed by atoms with van der Waals surface area (Å²) in [6.45, 7) is 2.20. The molecular weight excluding hydrogens is 344 g/mol. The number of hydrogen-bond acceptors (Lipinski definition) is 4. The molecule has 6 nitrogen and oxygen atoms in total. The molecule has 0 radical (unpaired) electrons. The van der Waals surface area contributed by atoms with E-state index in [0.29, 0.717) is 11.1 Å². The van der Waals surface area contributed by atoms with Crippen LogP contribution in [0.4, 0.5) is 0 Å². The molecule has 2 aromatic carbocycles. The molecule has 0 aliphatic heterocycles. The first-order valence-electron chi connectivity index (χ1n) is 8.87. The minimum atomic E-state index is -0.447. The molecule has 138 valence electrons. The number of amides is 1. The van der Waals surface area contributed by atoms with Crippen molar-refractivity contribution >= 4 is 28.0 Å². The Hall–Kier alpha value is -3.28. The number of carbonyl (C=O) groups is 1. The number of aromatic nitrogens is 1. The topological polar surface area (TPSA) is 68.6 Å². The number of benzene rings is 2. The van der Waals surface area contributed by atoms with Crippen LogP contribution in [0.5, 0.6) is 0 Å². The molecule has 0 spiro atoms. The second-order valence-electron chi connectivity index (χ2n) is 6.60. The van der Waals surface area contributed by atoms with Crippen LogP contribution in [-0.4, -0.2) is 22.4 Å². The molecule has 0 fully saturated rings. The van der Waals surface area contributed by atoms with Crippen LogP contribution in [0, 0.1) is 0 Å². The van der Waals surface area contributed by atoms with Crippen molar-refractivity contribution in [3.05, 3.63) is 70.9 Å². The maximum Gasteiger partial charge on any atom is 0.419 e. The Labute approximate surface area is 155 Å². The standard InChI is InChI=1S/C21H20N2O4/c1-14(19-13-15-7-3-5-9-17(15)26-19)22(2)20(24)11-12-23-16-8-4-6-10-18(16)27-21(23)25/h3-10,13-14H,11-12H2,1-2H3/t14-/m1/s1. The normalized spacial score (nSPS) is 12.5. The Morgan fingerprint density at radius 3 is 2.56 bits per heavy atom. The minimum absolute atomic E-state index is 0.0693. The van der Waals surface area contributed by atoms with Crippen molar-refractivity contribution in [2.75, 3.05) is 7.05 Å². The number of aryl methyl sites for hydroxylation is 1. The molecule has 27 heavy (non-hydrogen) atoms. The average molecular weight is 364 g/mol. The number of nitrogens with zero attached hydrogens (tertiary/aromatic N) is 2. The second-order valence-corrected chi connectivity index (χ2v) is 6.60. The highest BCUT2D eigenvalue weighted by molar-refractivity contribution is 5.79. The lowest BCUT2D eigenvalue weighted by Gasteiger charge is -2.23. The summed E-state index contributed by atoms with van der Waals surface area (Å²) in [6.07, 6.45) is 0.199. The largest absolute Gasteiger partial charge is 0.459 e. The van der Waals surface area contributed by atoms with Gasteiger partial charge in [0.05, 0.1) is 11.6 Å². The van der Waals surface area contributed by atoms with Crippen molar-refractivity contribution in [3.8, 4) is 0 Å². The molecule has 2 heterocycles. The number of rotatable bonds is 5. The molecular formula is C21H20N2O4. The van der Waals surface area contributed by atoms with Gasteiger partial charge >= 0.3 is 5.76 Å². The van der Waals surface area contributed by atoms with E-state index >= 15 is 0 Å². The van der Waals surface area contributed by atoms with E-state index < -0.39 is 5.76 Å². The summed E-state index contributed by atoms with van der Waals surface area (Å²) in [5, 5.41) is 1.01. The van der Waals surface area contributed by atoms with Crippen LogP contribution in [0.1, 0.15) is 25.1 Å². The summed E-state index contributed by atoms with van der Waals surface area (Å²) in [5.41, 5.74) is 2.03. The molecule has 6 heteroatoms. The Kier molecular flexibility index (Phi) is 4.32. The lowest BCUT2D eigenvalue weighted by atomic mass is 10.2. The number of para-hydroxylation sites is 3. The summed E-state index contributed by atoms with van der Waals surface area (Å²) >= 11 is 0. The van der Waals surface area contributed by atoms with E-state index in [1.165, 1.54) is 4.57 Å². The molecule has 4 rings (SSSR count). The molecule has 0 N–H and O–H groups in total. The molecule has 0 saturated carbocycles. The Morgan fingerprint density at radius 2 is 1.78 bits per heavy atom. The molecule has 0 bridgehead atoms. The summed E-state index contributed by atoms with van der Waals surface area (Å²) in [6, 6.07) is 16.7. The lowest BCUT2D eigenvalue weighted by Crippen LogP contribution is -2.31. The van der Waals surface area contributed by atoms with Gasteiger partial charge in [-0.3, -0.25) is 9.36 Å². The van der Waals surface area contributed by atoms with Gasteiger partial charge in [0.15, 0.2) is 5.58 Å². The van der Waals surface area contributed by atoms with Gasteiger partial charge in [-0.15, -0.1) is 0 Å². The van der Waals surface area contributed by atoms with E-state index in [2.05, 4.69) is 0 Å². The van der Waals surface area contributed by atoms with Crippen molar-refractivity contribution in [1.82, 2.24) is 9.47 Å². The summed E-state index contributed by atoms with van der Waals surface area (Å²) in [5.74, 6) is 0.218. The molecule has 2 aromatic heterocycles. The number of fused-ring (bicyclic) bond motifs is 2. The van der Waals surface area contributed by atoms with Crippen LogP contribution in [0.15, 0.2) is 68.2 Å². The van der Waals surface area contributed by atoms with Gasteiger partial charge in [0, 0.05) is 25.4 Å². The van der Waals surface area contributed by atoms with Crippen LogP contribution in [0.25, 0.3) is 22.1 Å². The first-order valence-corrected chi connectivity index (χ1v) is 8.87. The minimum Gasteiger partial charge on any atom is -0.459 e. The third-order valence-electron chi connectivity index (χ3n) is 4.95. The van der Waals surface area contributed by atoms with E-state index in [4.69, 9.17) is 8.83 Å². The highest BCUT2D eigenvalue weighted by Crippen LogP contribution is 2.27. The molecule has 0 aliphatic rings. The maximum absolute atomic E-state index is 12.7. The molecule has 4 aromatic rings. The highest BCUT2D eigenvalue weighted by atomic mass is 16.4.